The number of thiazole rings is 1. The topological polar surface area (TPSA) is 59.2 Å². The van der Waals surface area contributed by atoms with Crippen LogP contribution in [0.3, 0.4) is 0 Å². The van der Waals surface area contributed by atoms with E-state index in [1.165, 1.54) is 4.88 Å². The third-order valence-corrected chi connectivity index (χ3v) is 3.05. The molecule has 1 aromatic heterocycles. The molecule has 7 heteroatoms. The summed E-state index contributed by atoms with van der Waals surface area (Å²) >= 11 is 1.64. The van der Waals surface area contributed by atoms with E-state index in [2.05, 4.69) is 11.9 Å². The average molecular weight is 286 g/mol. The first-order valence-corrected chi connectivity index (χ1v) is 5.36. The van der Waals surface area contributed by atoms with Gasteiger partial charge in [0.1, 0.15) is 5.01 Å². The maximum atomic E-state index is 11.2. The van der Waals surface area contributed by atoms with Crippen LogP contribution in [0.1, 0.15) is 16.8 Å². The second-order valence-corrected chi connectivity index (χ2v) is 4.23. The molecule has 1 heterocycles. The Labute approximate surface area is 112 Å². The van der Waals surface area contributed by atoms with Crippen molar-refractivity contribution in [2.24, 2.45) is 5.73 Å². The van der Waals surface area contributed by atoms with Crippen molar-refractivity contribution in [2.75, 3.05) is 13.6 Å². The highest BCUT2D eigenvalue weighted by molar-refractivity contribution is 7.11. The number of nitrogens with two attached hydrogens (primary N) is 1. The Balaban J connectivity index is 0. The van der Waals surface area contributed by atoms with Crippen LogP contribution in [-0.2, 0) is 17.8 Å². The first-order valence-electron chi connectivity index (χ1n) is 4.55. The normalized spacial score (nSPS) is 8.94. The number of rotatable bonds is 4. The molecule has 0 unspecified atom stereocenters. The first-order chi connectivity index (χ1) is 6.67. The van der Waals surface area contributed by atoms with Crippen LogP contribution in [-0.4, -0.2) is 29.4 Å². The Hall–Kier alpha value is -0.360. The lowest BCUT2D eigenvalue weighted by atomic mass is 10.4. The number of hydrogen-bond acceptors (Lipinski definition) is 4. The summed E-state index contributed by atoms with van der Waals surface area (Å²) in [6.07, 6.45) is 2.85. The minimum Gasteiger partial charge on any atom is -0.338 e. The zero-order chi connectivity index (χ0) is 10.6. The fourth-order valence-electron chi connectivity index (χ4n) is 1.03. The number of likely N-dealkylation sites (N-methyl/N-ethyl adjacent to an activating group) is 1. The molecule has 0 atom stereocenters. The predicted molar refractivity (Wildman–Crippen MR) is 71.5 cm³/mol. The Morgan fingerprint density at radius 3 is 2.62 bits per heavy atom. The molecule has 0 aliphatic rings. The maximum absolute atomic E-state index is 11.2. The second kappa shape index (κ2) is 8.75. The summed E-state index contributed by atoms with van der Waals surface area (Å²) < 4.78 is 0. The zero-order valence-electron chi connectivity index (χ0n) is 9.30. The summed E-state index contributed by atoms with van der Waals surface area (Å²) in [5.74, 6) is -0.0572. The van der Waals surface area contributed by atoms with Crippen molar-refractivity contribution in [3.63, 3.8) is 0 Å². The van der Waals surface area contributed by atoms with Crippen LogP contribution in [0, 0.1) is 0 Å². The lowest BCUT2D eigenvalue weighted by Gasteiger charge is -2.13. The van der Waals surface area contributed by atoms with Crippen LogP contribution >= 0.6 is 36.2 Å². The van der Waals surface area contributed by atoms with Gasteiger partial charge in [-0.3, -0.25) is 4.79 Å². The van der Waals surface area contributed by atoms with E-state index in [1.54, 1.807) is 23.3 Å². The molecule has 1 amide bonds. The van der Waals surface area contributed by atoms with Gasteiger partial charge in [-0.05, 0) is 6.42 Å². The predicted octanol–water partition coefficient (Wildman–Crippen LogP) is 1.47. The van der Waals surface area contributed by atoms with Crippen molar-refractivity contribution in [3.8, 4) is 0 Å². The molecule has 0 fully saturated rings. The Morgan fingerprint density at radius 2 is 2.19 bits per heavy atom. The van der Waals surface area contributed by atoms with Crippen molar-refractivity contribution in [1.82, 2.24) is 9.88 Å². The smallest absolute Gasteiger partial charge is 0.236 e. The minimum atomic E-state index is -0.0572. The van der Waals surface area contributed by atoms with Crippen LogP contribution in [0.2, 0.25) is 0 Å². The molecule has 94 valence electrons. The molecule has 0 aromatic carbocycles. The van der Waals surface area contributed by atoms with Gasteiger partial charge in [0.2, 0.25) is 5.91 Å². The van der Waals surface area contributed by atoms with E-state index >= 15 is 0 Å². The van der Waals surface area contributed by atoms with Crippen molar-refractivity contribution in [2.45, 2.75) is 19.9 Å². The molecule has 16 heavy (non-hydrogen) atoms. The SMILES string of the molecule is CCc1cnc(CN(C)C(=O)CN)s1.Cl.Cl. The number of aromatic nitrogens is 1. The molecule has 0 aliphatic heterocycles. The molecular formula is C9H17Cl2N3OS. The molecule has 0 spiro atoms. The molecule has 4 nitrogen and oxygen atoms in total. The van der Waals surface area contributed by atoms with Crippen LogP contribution in [0.4, 0.5) is 0 Å². The van der Waals surface area contributed by atoms with Crippen molar-refractivity contribution in [3.05, 3.63) is 16.1 Å². The molecule has 0 radical (unpaired) electrons. The lowest BCUT2D eigenvalue weighted by molar-refractivity contribution is -0.128. The molecule has 0 saturated carbocycles. The summed E-state index contributed by atoms with van der Waals surface area (Å²) in [6.45, 7) is 2.70. The summed E-state index contributed by atoms with van der Waals surface area (Å²) in [4.78, 5) is 18.2. The quantitative estimate of drug-likeness (QED) is 0.911. The monoisotopic (exact) mass is 285 g/mol. The maximum Gasteiger partial charge on any atom is 0.236 e. The zero-order valence-corrected chi connectivity index (χ0v) is 11.8. The van der Waals surface area contributed by atoms with Crippen molar-refractivity contribution >= 4 is 42.1 Å². The van der Waals surface area contributed by atoms with Gasteiger partial charge in [-0.25, -0.2) is 4.98 Å². The van der Waals surface area contributed by atoms with E-state index in [-0.39, 0.29) is 37.3 Å². The highest BCUT2D eigenvalue weighted by atomic mass is 35.5. The van der Waals surface area contributed by atoms with Crippen LogP contribution in [0.15, 0.2) is 6.20 Å². The van der Waals surface area contributed by atoms with E-state index in [9.17, 15) is 4.79 Å². The third-order valence-electron chi connectivity index (χ3n) is 1.92. The van der Waals surface area contributed by atoms with Crippen LogP contribution in [0.5, 0.6) is 0 Å². The molecule has 1 rings (SSSR count). The molecule has 0 bridgehead atoms. The fourth-order valence-corrected chi connectivity index (χ4v) is 1.95. The average Bonchev–Trinajstić information content (AvgIpc) is 2.64. The largest absolute Gasteiger partial charge is 0.338 e. The highest BCUT2D eigenvalue weighted by Gasteiger charge is 2.09. The van der Waals surface area contributed by atoms with Gasteiger partial charge in [-0.15, -0.1) is 36.2 Å². The second-order valence-electron chi connectivity index (χ2n) is 3.03. The standard InChI is InChI=1S/C9H15N3OS.2ClH/c1-3-7-5-11-8(14-7)6-12(2)9(13)4-10;;/h5H,3-4,6,10H2,1-2H3;2*1H. The van der Waals surface area contributed by atoms with Crippen molar-refractivity contribution in [1.29, 1.82) is 0 Å². The van der Waals surface area contributed by atoms with Gasteiger partial charge in [-0.2, -0.15) is 0 Å². The number of halogens is 2. The van der Waals surface area contributed by atoms with Gasteiger partial charge >= 0.3 is 0 Å². The summed E-state index contributed by atoms with van der Waals surface area (Å²) in [6, 6.07) is 0. The number of carbonyl (C=O) groups excluding carboxylic acids is 1. The fraction of sp³-hybridized carbons (Fsp3) is 0.556. The van der Waals surface area contributed by atoms with Gasteiger partial charge < -0.3 is 10.6 Å². The van der Waals surface area contributed by atoms with Gasteiger partial charge in [0.25, 0.3) is 0 Å². The van der Waals surface area contributed by atoms with E-state index in [4.69, 9.17) is 5.73 Å². The van der Waals surface area contributed by atoms with Gasteiger partial charge in [-0.1, -0.05) is 6.92 Å². The van der Waals surface area contributed by atoms with E-state index in [0.717, 1.165) is 11.4 Å². The minimum absolute atomic E-state index is 0. The van der Waals surface area contributed by atoms with E-state index < -0.39 is 0 Å². The molecular weight excluding hydrogens is 269 g/mol. The molecule has 0 saturated heterocycles. The lowest BCUT2D eigenvalue weighted by Crippen LogP contribution is -2.32. The Morgan fingerprint density at radius 1 is 1.56 bits per heavy atom. The summed E-state index contributed by atoms with van der Waals surface area (Å²) in [5.41, 5.74) is 5.25. The molecule has 0 aliphatic carbocycles. The highest BCUT2D eigenvalue weighted by Crippen LogP contribution is 2.14. The van der Waals surface area contributed by atoms with E-state index in [1.807, 2.05) is 6.20 Å². The number of hydrogen-bond donors (Lipinski definition) is 1. The number of carbonyl (C=O) groups is 1. The van der Waals surface area contributed by atoms with Crippen LogP contribution < -0.4 is 5.73 Å². The molecule has 2 N–H and O–H groups in total. The Bertz CT molecular complexity index is 319. The van der Waals surface area contributed by atoms with E-state index in [0.29, 0.717) is 6.54 Å². The summed E-state index contributed by atoms with van der Waals surface area (Å²) in [5, 5.41) is 0.964. The third kappa shape index (κ3) is 5.12. The Kier molecular flexibility index (Phi) is 9.86. The number of amides is 1. The van der Waals surface area contributed by atoms with Crippen LogP contribution in [0.25, 0.3) is 0 Å². The van der Waals surface area contributed by atoms with Gasteiger partial charge in [0.05, 0.1) is 13.1 Å². The van der Waals surface area contributed by atoms with Gasteiger partial charge in [0, 0.05) is 18.1 Å². The first kappa shape index (κ1) is 18.0. The summed E-state index contributed by atoms with van der Waals surface area (Å²) in [7, 11) is 1.74. The number of nitrogens with zero attached hydrogens (tertiary/aromatic N) is 2. The number of aryl methyl sites for hydroxylation is 1. The molecule has 1 aromatic rings. The van der Waals surface area contributed by atoms with Gasteiger partial charge in [0.15, 0.2) is 0 Å². The van der Waals surface area contributed by atoms with Crippen molar-refractivity contribution < 1.29 is 4.79 Å².